The summed E-state index contributed by atoms with van der Waals surface area (Å²) in [6.07, 6.45) is 0.0761. The Labute approximate surface area is 145 Å². The van der Waals surface area contributed by atoms with Gasteiger partial charge in [0, 0.05) is 6.42 Å². The fourth-order valence-electron chi connectivity index (χ4n) is 3.00. The molecule has 0 aromatic heterocycles. The standard InChI is InChI=1S/C20H18O5/c1-2-24-19(23)20(13-14-9-5-3-6-10-14)16(17(21)18(22)25-20)15-11-7-4-8-12-15/h3-12,21H,2,13H2,1H3/t20-/m0/s1. The highest BCUT2D eigenvalue weighted by Crippen LogP contribution is 2.42. The number of carbonyl (C=O) groups is 2. The van der Waals surface area contributed by atoms with E-state index in [1.807, 2.05) is 36.4 Å². The molecule has 2 aromatic carbocycles. The van der Waals surface area contributed by atoms with Crippen molar-refractivity contribution in [3.05, 3.63) is 77.5 Å². The van der Waals surface area contributed by atoms with Crippen LogP contribution in [0.25, 0.3) is 5.57 Å². The van der Waals surface area contributed by atoms with Crippen LogP contribution < -0.4 is 0 Å². The number of aliphatic hydroxyl groups excluding tert-OH is 1. The van der Waals surface area contributed by atoms with Gasteiger partial charge in [-0.05, 0) is 18.1 Å². The molecule has 0 saturated heterocycles. The second-order valence-corrected chi connectivity index (χ2v) is 5.69. The summed E-state index contributed by atoms with van der Waals surface area (Å²) in [4.78, 5) is 24.9. The lowest BCUT2D eigenvalue weighted by atomic mass is 9.83. The van der Waals surface area contributed by atoms with Crippen LogP contribution in [0.2, 0.25) is 0 Å². The normalized spacial score (nSPS) is 19.6. The minimum Gasteiger partial charge on any atom is -0.502 e. The maximum Gasteiger partial charge on any atom is 0.375 e. The first kappa shape index (κ1) is 16.8. The van der Waals surface area contributed by atoms with E-state index in [2.05, 4.69) is 0 Å². The number of carbonyl (C=O) groups excluding carboxylic acids is 2. The molecule has 0 aliphatic carbocycles. The number of hydrogen-bond acceptors (Lipinski definition) is 5. The molecule has 5 heteroatoms. The number of ether oxygens (including phenoxy) is 2. The maximum atomic E-state index is 12.8. The quantitative estimate of drug-likeness (QED) is 0.848. The van der Waals surface area contributed by atoms with Gasteiger partial charge in [-0.25, -0.2) is 9.59 Å². The molecule has 0 bridgehead atoms. The fourth-order valence-corrected chi connectivity index (χ4v) is 3.00. The van der Waals surface area contributed by atoms with E-state index in [9.17, 15) is 14.7 Å². The fraction of sp³-hybridized carbons (Fsp3) is 0.200. The third-order valence-corrected chi connectivity index (χ3v) is 4.06. The molecule has 0 spiro atoms. The highest BCUT2D eigenvalue weighted by molar-refractivity contribution is 6.11. The summed E-state index contributed by atoms with van der Waals surface area (Å²) in [5.74, 6) is -2.19. The van der Waals surface area contributed by atoms with Crippen molar-refractivity contribution in [1.82, 2.24) is 0 Å². The van der Waals surface area contributed by atoms with Crippen molar-refractivity contribution in [3.63, 3.8) is 0 Å². The monoisotopic (exact) mass is 338 g/mol. The SMILES string of the molecule is CCOC(=O)[C@@]1(Cc2ccccc2)OC(=O)C(O)=C1c1ccccc1. The smallest absolute Gasteiger partial charge is 0.375 e. The number of hydrogen-bond donors (Lipinski definition) is 1. The van der Waals surface area contributed by atoms with Crippen LogP contribution in [0.3, 0.4) is 0 Å². The van der Waals surface area contributed by atoms with Gasteiger partial charge >= 0.3 is 11.9 Å². The second kappa shape index (κ2) is 6.81. The van der Waals surface area contributed by atoms with Gasteiger partial charge in [0.25, 0.3) is 0 Å². The number of rotatable bonds is 5. The van der Waals surface area contributed by atoms with Crippen LogP contribution in [0, 0.1) is 0 Å². The Kier molecular flexibility index (Phi) is 4.57. The average molecular weight is 338 g/mol. The van der Waals surface area contributed by atoms with Gasteiger partial charge < -0.3 is 14.6 Å². The third-order valence-electron chi connectivity index (χ3n) is 4.06. The van der Waals surface area contributed by atoms with Crippen LogP contribution in [0.5, 0.6) is 0 Å². The number of aliphatic hydroxyl groups is 1. The van der Waals surface area contributed by atoms with Crippen molar-refractivity contribution in [3.8, 4) is 0 Å². The van der Waals surface area contributed by atoms with Crippen LogP contribution in [0.4, 0.5) is 0 Å². The predicted octanol–water partition coefficient (Wildman–Crippen LogP) is 3.06. The topological polar surface area (TPSA) is 72.8 Å². The molecule has 0 saturated carbocycles. The Morgan fingerprint density at radius 2 is 1.68 bits per heavy atom. The van der Waals surface area contributed by atoms with E-state index >= 15 is 0 Å². The van der Waals surface area contributed by atoms with Gasteiger partial charge in [-0.3, -0.25) is 0 Å². The number of esters is 2. The summed E-state index contributed by atoms with van der Waals surface area (Å²) >= 11 is 0. The number of cyclic esters (lactones) is 1. The van der Waals surface area contributed by atoms with E-state index in [1.54, 1.807) is 31.2 Å². The Morgan fingerprint density at radius 1 is 1.08 bits per heavy atom. The molecule has 1 aliphatic rings. The lowest BCUT2D eigenvalue weighted by molar-refractivity contribution is -0.171. The molecule has 0 unspecified atom stereocenters. The molecule has 25 heavy (non-hydrogen) atoms. The van der Waals surface area contributed by atoms with Gasteiger partial charge in [0.05, 0.1) is 12.2 Å². The van der Waals surface area contributed by atoms with Crippen molar-refractivity contribution < 1.29 is 24.2 Å². The summed E-state index contributed by atoms with van der Waals surface area (Å²) in [5, 5.41) is 10.3. The first-order valence-corrected chi connectivity index (χ1v) is 8.02. The Hall–Kier alpha value is -3.08. The molecule has 1 atom stereocenters. The van der Waals surface area contributed by atoms with E-state index < -0.39 is 23.3 Å². The molecule has 1 heterocycles. The van der Waals surface area contributed by atoms with Crippen LogP contribution in [-0.2, 0) is 25.5 Å². The van der Waals surface area contributed by atoms with Crippen molar-refractivity contribution in [1.29, 1.82) is 0 Å². The van der Waals surface area contributed by atoms with Crippen molar-refractivity contribution in [2.45, 2.75) is 18.9 Å². The van der Waals surface area contributed by atoms with Crippen LogP contribution >= 0.6 is 0 Å². The number of benzene rings is 2. The zero-order chi connectivity index (χ0) is 17.9. The van der Waals surface area contributed by atoms with Crippen molar-refractivity contribution >= 4 is 17.5 Å². The van der Waals surface area contributed by atoms with E-state index in [-0.39, 0.29) is 18.6 Å². The van der Waals surface area contributed by atoms with E-state index in [0.29, 0.717) is 5.56 Å². The maximum absolute atomic E-state index is 12.8. The summed E-state index contributed by atoms with van der Waals surface area (Å²) in [5.41, 5.74) is -0.249. The van der Waals surface area contributed by atoms with Gasteiger partial charge in [0.1, 0.15) is 0 Å². The first-order valence-electron chi connectivity index (χ1n) is 8.02. The van der Waals surface area contributed by atoms with Gasteiger partial charge in [-0.15, -0.1) is 0 Å². The summed E-state index contributed by atoms with van der Waals surface area (Å²) in [6.45, 7) is 1.81. The predicted molar refractivity (Wildman–Crippen MR) is 91.6 cm³/mol. The molecule has 0 radical (unpaired) electrons. The molecule has 5 nitrogen and oxygen atoms in total. The zero-order valence-electron chi connectivity index (χ0n) is 13.8. The molecule has 2 aromatic rings. The molecule has 3 rings (SSSR count). The largest absolute Gasteiger partial charge is 0.502 e. The zero-order valence-corrected chi connectivity index (χ0v) is 13.8. The molecule has 0 fully saturated rings. The molecule has 1 N–H and O–H groups in total. The van der Waals surface area contributed by atoms with Gasteiger partial charge in [-0.2, -0.15) is 0 Å². The first-order chi connectivity index (χ1) is 12.1. The lowest BCUT2D eigenvalue weighted by Crippen LogP contribution is -2.44. The van der Waals surface area contributed by atoms with Crippen molar-refractivity contribution in [2.24, 2.45) is 0 Å². The van der Waals surface area contributed by atoms with Crippen LogP contribution in [-0.4, -0.2) is 29.3 Å². The van der Waals surface area contributed by atoms with Gasteiger partial charge in [-0.1, -0.05) is 60.7 Å². The molecular formula is C20H18O5. The summed E-state index contributed by atoms with van der Waals surface area (Å²) in [6, 6.07) is 17.9. The summed E-state index contributed by atoms with van der Waals surface area (Å²) in [7, 11) is 0. The Balaban J connectivity index is 2.16. The van der Waals surface area contributed by atoms with Crippen molar-refractivity contribution in [2.75, 3.05) is 6.61 Å². The molecule has 0 amide bonds. The van der Waals surface area contributed by atoms with E-state index in [1.165, 1.54) is 0 Å². The minimum absolute atomic E-state index is 0.0761. The Morgan fingerprint density at radius 3 is 2.28 bits per heavy atom. The molecule has 128 valence electrons. The highest BCUT2D eigenvalue weighted by Gasteiger charge is 2.55. The lowest BCUT2D eigenvalue weighted by Gasteiger charge is -2.28. The van der Waals surface area contributed by atoms with Crippen LogP contribution in [0.15, 0.2) is 66.4 Å². The highest BCUT2D eigenvalue weighted by atomic mass is 16.6. The average Bonchev–Trinajstić information content (AvgIpc) is 2.88. The van der Waals surface area contributed by atoms with E-state index in [0.717, 1.165) is 5.56 Å². The van der Waals surface area contributed by atoms with Gasteiger partial charge in [0.2, 0.25) is 11.4 Å². The van der Waals surface area contributed by atoms with E-state index in [4.69, 9.17) is 9.47 Å². The third kappa shape index (κ3) is 3.01. The van der Waals surface area contributed by atoms with Crippen LogP contribution in [0.1, 0.15) is 18.1 Å². The summed E-state index contributed by atoms with van der Waals surface area (Å²) < 4.78 is 10.6. The van der Waals surface area contributed by atoms with Gasteiger partial charge in [0.15, 0.2) is 0 Å². The second-order valence-electron chi connectivity index (χ2n) is 5.69. The molecular weight excluding hydrogens is 320 g/mol. The minimum atomic E-state index is -1.71. The molecule has 1 aliphatic heterocycles. The Bertz CT molecular complexity index is 810.